The van der Waals surface area contributed by atoms with Gasteiger partial charge in [0.1, 0.15) is 0 Å². The van der Waals surface area contributed by atoms with Crippen molar-refractivity contribution in [3.8, 4) is 0 Å². The number of nitrogens with zero attached hydrogens (tertiary/aromatic N) is 3. The zero-order valence-corrected chi connectivity index (χ0v) is 13.9. The molecular weight excluding hydrogens is 272 g/mol. The number of aryl methyl sites for hydroxylation is 1. The van der Waals surface area contributed by atoms with Crippen molar-refractivity contribution in [2.24, 2.45) is 0 Å². The Balaban J connectivity index is 1.46. The standard InChI is InChI=1S/C18H30N4/c1-20-12-14-21(15-13-20)9-3-5-17-4-2-6-18(16-17)22-10-7-19-8-11-22/h2,4,6,16,19H,3,5,7-15H2,1H3. The van der Waals surface area contributed by atoms with Crippen LogP contribution >= 0.6 is 0 Å². The van der Waals surface area contributed by atoms with Crippen molar-refractivity contribution in [3.63, 3.8) is 0 Å². The van der Waals surface area contributed by atoms with Crippen molar-refractivity contribution in [2.45, 2.75) is 12.8 Å². The summed E-state index contributed by atoms with van der Waals surface area (Å²) in [6.45, 7) is 10.6. The first-order valence-corrected chi connectivity index (χ1v) is 8.77. The van der Waals surface area contributed by atoms with E-state index in [1.165, 1.54) is 56.8 Å². The number of anilines is 1. The van der Waals surface area contributed by atoms with E-state index in [1.807, 2.05) is 0 Å². The summed E-state index contributed by atoms with van der Waals surface area (Å²) in [4.78, 5) is 7.54. The first kappa shape index (κ1) is 15.8. The third kappa shape index (κ3) is 4.45. The molecule has 122 valence electrons. The summed E-state index contributed by atoms with van der Waals surface area (Å²) in [7, 11) is 2.22. The second-order valence-electron chi connectivity index (χ2n) is 6.66. The van der Waals surface area contributed by atoms with E-state index in [-0.39, 0.29) is 0 Å². The summed E-state index contributed by atoms with van der Waals surface area (Å²) in [6, 6.07) is 9.17. The predicted molar refractivity (Wildman–Crippen MR) is 93.8 cm³/mol. The maximum absolute atomic E-state index is 3.42. The Morgan fingerprint density at radius 2 is 1.77 bits per heavy atom. The monoisotopic (exact) mass is 302 g/mol. The number of hydrogen-bond acceptors (Lipinski definition) is 4. The Morgan fingerprint density at radius 1 is 1.00 bits per heavy atom. The van der Waals surface area contributed by atoms with Crippen molar-refractivity contribution < 1.29 is 0 Å². The van der Waals surface area contributed by atoms with E-state index in [0.717, 1.165) is 26.2 Å². The third-order valence-electron chi connectivity index (χ3n) is 4.93. The highest BCUT2D eigenvalue weighted by Crippen LogP contribution is 2.18. The van der Waals surface area contributed by atoms with Crippen molar-refractivity contribution in [1.82, 2.24) is 15.1 Å². The van der Waals surface area contributed by atoms with Gasteiger partial charge in [0, 0.05) is 58.0 Å². The van der Waals surface area contributed by atoms with Crippen LogP contribution in [-0.4, -0.2) is 75.8 Å². The normalized spacial score (nSPS) is 21.2. The second-order valence-corrected chi connectivity index (χ2v) is 6.66. The van der Waals surface area contributed by atoms with Crippen LogP contribution < -0.4 is 10.2 Å². The average Bonchev–Trinajstić information content (AvgIpc) is 2.58. The second kappa shape index (κ2) is 7.95. The maximum Gasteiger partial charge on any atom is 0.0369 e. The van der Waals surface area contributed by atoms with Crippen molar-refractivity contribution in [1.29, 1.82) is 0 Å². The van der Waals surface area contributed by atoms with Crippen LogP contribution in [0.1, 0.15) is 12.0 Å². The molecule has 3 rings (SSSR count). The molecule has 0 unspecified atom stereocenters. The van der Waals surface area contributed by atoms with Gasteiger partial charge in [0.25, 0.3) is 0 Å². The van der Waals surface area contributed by atoms with Crippen molar-refractivity contribution in [3.05, 3.63) is 29.8 Å². The summed E-state index contributed by atoms with van der Waals surface area (Å²) in [6.07, 6.45) is 2.47. The molecule has 0 atom stereocenters. The molecule has 22 heavy (non-hydrogen) atoms. The third-order valence-corrected chi connectivity index (χ3v) is 4.93. The largest absolute Gasteiger partial charge is 0.369 e. The molecule has 2 aliphatic heterocycles. The van der Waals surface area contributed by atoms with E-state index in [0.29, 0.717) is 0 Å². The van der Waals surface area contributed by atoms with Gasteiger partial charge in [-0.25, -0.2) is 0 Å². The molecule has 0 radical (unpaired) electrons. The fourth-order valence-corrected chi connectivity index (χ4v) is 3.41. The van der Waals surface area contributed by atoms with Gasteiger partial charge in [-0.2, -0.15) is 0 Å². The molecule has 0 bridgehead atoms. The van der Waals surface area contributed by atoms with E-state index in [4.69, 9.17) is 0 Å². The smallest absolute Gasteiger partial charge is 0.0369 e. The zero-order chi connectivity index (χ0) is 15.2. The summed E-state index contributed by atoms with van der Waals surface area (Å²) in [5.41, 5.74) is 2.89. The SMILES string of the molecule is CN1CCN(CCCc2cccc(N3CCNCC3)c2)CC1. The number of piperazine rings is 2. The van der Waals surface area contributed by atoms with E-state index in [2.05, 4.69) is 51.3 Å². The molecular formula is C18H30N4. The highest BCUT2D eigenvalue weighted by atomic mass is 15.2. The number of benzene rings is 1. The van der Waals surface area contributed by atoms with Crippen LogP contribution in [0.2, 0.25) is 0 Å². The van der Waals surface area contributed by atoms with Crippen LogP contribution in [0.5, 0.6) is 0 Å². The lowest BCUT2D eigenvalue weighted by atomic mass is 10.1. The molecule has 1 N–H and O–H groups in total. The van der Waals surface area contributed by atoms with Crippen LogP contribution in [0.25, 0.3) is 0 Å². The van der Waals surface area contributed by atoms with Gasteiger partial charge in [0.2, 0.25) is 0 Å². The van der Waals surface area contributed by atoms with Crippen LogP contribution in [-0.2, 0) is 6.42 Å². The van der Waals surface area contributed by atoms with Gasteiger partial charge in [-0.3, -0.25) is 0 Å². The quantitative estimate of drug-likeness (QED) is 0.884. The first-order chi connectivity index (χ1) is 10.8. The van der Waals surface area contributed by atoms with E-state index in [9.17, 15) is 0 Å². The number of rotatable bonds is 5. The lowest BCUT2D eigenvalue weighted by Crippen LogP contribution is -2.44. The molecule has 1 aromatic rings. The maximum atomic E-state index is 3.42. The van der Waals surface area contributed by atoms with Crippen LogP contribution in [0.3, 0.4) is 0 Å². The molecule has 0 spiro atoms. The fraction of sp³-hybridized carbons (Fsp3) is 0.667. The lowest BCUT2D eigenvalue weighted by Gasteiger charge is -2.32. The molecule has 0 aromatic heterocycles. The molecule has 0 aliphatic carbocycles. The van der Waals surface area contributed by atoms with E-state index >= 15 is 0 Å². The summed E-state index contributed by atoms with van der Waals surface area (Å²) in [5.74, 6) is 0. The van der Waals surface area contributed by atoms with Crippen LogP contribution in [0.15, 0.2) is 24.3 Å². The number of nitrogens with one attached hydrogen (secondary N) is 1. The van der Waals surface area contributed by atoms with Gasteiger partial charge in [0.05, 0.1) is 0 Å². The Bertz CT molecular complexity index is 448. The molecule has 2 saturated heterocycles. The Hall–Kier alpha value is -1.10. The Kier molecular flexibility index (Phi) is 5.70. The number of likely N-dealkylation sites (N-methyl/N-ethyl adjacent to an activating group) is 1. The molecule has 2 heterocycles. The predicted octanol–water partition coefficient (Wildman–Crippen LogP) is 1.28. The zero-order valence-electron chi connectivity index (χ0n) is 13.9. The molecule has 4 heteroatoms. The van der Waals surface area contributed by atoms with Crippen molar-refractivity contribution >= 4 is 5.69 Å². The van der Waals surface area contributed by atoms with Crippen LogP contribution in [0, 0.1) is 0 Å². The fourth-order valence-electron chi connectivity index (χ4n) is 3.41. The van der Waals surface area contributed by atoms with Gasteiger partial charge < -0.3 is 20.0 Å². The average molecular weight is 302 g/mol. The van der Waals surface area contributed by atoms with Crippen molar-refractivity contribution in [2.75, 3.05) is 70.9 Å². The molecule has 2 aliphatic rings. The minimum Gasteiger partial charge on any atom is -0.369 e. The highest BCUT2D eigenvalue weighted by Gasteiger charge is 2.13. The topological polar surface area (TPSA) is 21.8 Å². The van der Waals surface area contributed by atoms with E-state index < -0.39 is 0 Å². The summed E-state index contributed by atoms with van der Waals surface area (Å²) >= 11 is 0. The van der Waals surface area contributed by atoms with Gasteiger partial charge in [-0.15, -0.1) is 0 Å². The minimum atomic E-state index is 1.10. The summed E-state index contributed by atoms with van der Waals surface area (Å²) in [5, 5.41) is 3.42. The molecule has 0 saturated carbocycles. The van der Waals surface area contributed by atoms with Gasteiger partial charge >= 0.3 is 0 Å². The van der Waals surface area contributed by atoms with E-state index in [1.54, 1.807) is 0 Å². The van der Waals surface area contributed by atoms with Gasteiger partial charge in [0.15, 0.2) is 0 Å². The summed E-state index contributed by atoms with van der Waals surface area (Å²) < 4.78 is 0. The molecule has 0 amide bonds. The lowest BCUT2D eigenvalue weighted by molar-refractivity contribution is 0.153. The Morgan fingerprint density at radius 3 is 2.55 bits per heavy atom. The first-order valence-electron chi connectivity index (χ1n) is 8.77. The molecule has 4 nitrogen and oxygen atoms in total. The van der Waals surface area contributed by atoms with Crippen LogP contribution in [0.4, 0.5) is 5.69 Å². The van der Waals surface area contributed by atoms with Gasteiger partial charge in [-0.05, 0) is 44.1 Å². The molecule has 1 aromatic carbocycles. The molecule has 2 fully saturated rings. The van der Waals surface area contributed by atoms with Gasteiger partial charge in [-0.1, -0.05) is 12.1 Å². The minimum absolute atomic E-state index is 1.10. The Labute approximate surface area is 135 Å². The highest BCUT2D eigenvalue weighted by molar-refractivity contribution is 5.49. The number of hydrogen-bond donors (Lipinski definition) is 1.